The number of aryl methyl sites for hydroxylation is 3. The predicted octanol–water partition coefficient (Wildman–Crippen LogP) is 4.22. The van der Waals surface area contributed by atoms with Gasteiger partial charge >= 0.3 is 0 Å². The summed E-state index contributed by atoms with van der Waals surface area (Å²) in [5.74, 6) is -0.290. The minimum absolute atomic E-state index is 0.0909. The molecule has 1 fully saturated rings. The van der Waals surface area contributed by atoms with Crippen molar-refractivity contribution in [2.24, 2.45) is 4.99 Å². The topological polar surface area (TPSA) is 71.0 Å². The van der Waals surface area contributed by atoms with Crippen LogP contribution in [0.25, 0.3) is 0 Å². The summed E-state index contributed by atoms with van der Waals surface area (Å²) in [5, 5.41) is 3.07. The number of anilines is 1. The lowest BCUT2D eigenvalue weighted by molar-refractivity contribution is -0.128. The maximum atomic E-state index is 13.0. The highest BCUT2D eigenvalue weighted by molar-refractivity contribution is 8.15. The van der Waals surface area contributed by atoms with E-state index in [0.29, 0.717) is 18.3 Å². The molecule has 6 nitrogen and oxygen atoms in total. The van der Waals surface area contributed by atoms with Gasteiger partial charge in [-0.05, 0) is 49.6 Å². The maximum absolute atomic E-state index is 13.0. The van der Waals surface area contributed by atoms with Crippen LogP contribution < -0.4 is 5.32 Å². The zero-order valence-electron chi connectivity index (χ0n) is 17.8. The zero-order valence-corrected chi connectivity index (χ0v) is 18.6. The van der Waals surface area contributed by atoms with Crippen LogP contribution >= 0.6 is 11.8 Å². The molecule has 2 amide bonds. The number of amides is 2. The van der Waals surface area contributed by atoms with Gasteiger partial charge in [0.25, 0.3) is 0 Å². The Hall–Kier alpha value is -2.64. The van der Waals surface area contributed by atoms with E-state index in [2.05, 4.69) is 10.3 Å². The summed E-state index contributed by atoms with van der Waals surface area (Å²) >= 11 is 1.34. The van der Waals surface area contributed by atoms with Crippen LogP contribution in [0.4, 0.5) is 11.4 Å². The van der Waals surface area contributed by atoms with Gasteiger partial charge in [0, 0.05) is 19.2 Å². The molecule has 0 radical (unpaired) electrons. The molecule has 1 N–H and O–H groups in total. The number of nitrogens with one attached hydrogen (secondary N) is 1. The summed E-state index contributed by atoms with van der Waals surface area (Å²) in [6, 6.07) is 13.7. The Bertz CT molecular complexity index is 954. The van der Waals surface area contributed by atoms with Crippen molar-refractivity contribution in [1.29, 1.82) is 0 Å². The standard InChI is InChI=1S/C23H27N3O3S/c1-15-7-5-10-18(13-15)24-23-26(11-12-29-4)22(28)19(30-23)14-20(27)25-21-16(2)8-6-9-17(21)3/h5-10,13,19H,11-12,14H2,1-4H3,(H,25,27)/t19-/m1/s1. The van der Waals surface area contributed by atoms with E-state index >= 15 is 0 Å². The number of methoxy groups -OCH3 is 1. The summed E-state index contributed by atoms with van der Waals surface area (Å²) < 4.78 is 5.15. The first-order valence-electron chi connectivity index (χ1n) is 9.87. The molecular formula is C23H27N3O3S. The molecule has 0 bridgehead atoms. The molecule has 0 aliphatic carbocycles. The molecule has 30 heavy (non-hydrogen) atoms. The third kappa shape index (κ3) is 5.29. The Kier molecular flexibility index (Phi) is 7.29. The molecule has 3 rings (SSSR count). The SMILES string of the molecule is COCCN1C(=O)[C@@H](CC(=O)Nc2c(C)cccc2C)SC1=Nc1cccc(C)c1. The monoisotopic (exact) mass is 425 g/mol. The fraction of sp³-hybridized carbons (Fsp3) is 0.348. The first kappa shape index (κ1) is 22.1. The van der Waals surface area contributed by atoms with Crippen LogP contribution in [0.15, 0.2) is 47.5 Å². The Labute approximate surface area is 181 Å². The second-order valence-electron chi connectivity index (χ2n) is 7.34. The van der Waals surface area contributed by atoms with E-state index in [4.69, 9.17) is 4.74 Å². The largest absolute Gasteiger partial charge is 0.383 e. The van der Waals surface area contributed by atoms with Gasteiger partial charge in [0.1, 0.15) is 5.25 Å². The van der Waals surface area contributed by atoms with Crippen LogP contribution in [0.3, 0.4) is 0 Å². The third-order valence-corrected chi connectivity index (χ3v) is 6.06. The van der Waals surface area contributed by atoms with Crippen molar-refractivity contribution in [1.82, 2.24) is 4.90 Å². The second kappa shape index (κ2) is 9.91. The molecule has 7 heteroatoms. The molecule has 2 aromatic carbocycles. The van der Waals surface area contributed by atoms with Crippen molar-refractivity contribution >= 4 is 40.1 Å². The predicted molar refractivity (Wildman–Crippen MR) is 122 cm³/mol. The molecule has 0 saturated carbocycles. The Morgan fingerprint density at radius 1 is 1.17 bits per heavy atom. The highest BCUT2D eigenvalue weighted by Gasteiger charge is 2.39. The summed E-state index contributed by atoms with van der Waals surface area (Å²) in [4.78, 5) is 32.0. The molecule has 158 valence electrons. The lowest BCUT2D eigenvalue weighted by Gasteiger charge is -2.16. The van der Waals surface area contributed by atoms with Crippen LogP contribution in [0, 0.1) is 20.8 Å². The smallest absolute Gasteiger partial charge is 0.242 e. The van der Waals surface area contributed by atoms with E-state index in [1.165, 1.54) is 11.8 Å². The average Bonchev–Trinajstić information content (AvgIpc) is 2.97. The van der Waals surface area contributed by atoms with Crippen molar-refractivity contribution in [3.05, 3.63) is 59.2 Å². The number of amidine groups is 1. The molecule has 1 atom stereocenters. The number of carbonyl (C=O) groups is 2. The number of hydrogen-bond acceptors (Lipinski definition) is 5. The summed E-state index contributed by atoms with van der Waals surface area (Å²) in [5.41, 5.74) is 4.68. The van der Waals surface area contributed by atoms with Gasteiger partial charge in [0.2, 0.25) is 11.8 Å². The van der Waals surface area contributed by atoms with Crippen molar-refractivity contribution < 1.29 is 14.3 Å². The quantitative estimate of drug-likeness (QED) is 0.721. The minimum Gasteiger partial charge on any atom is -0.383 e. The molecule has 1 aliphatic heterocycles. The summed E-state index contributed by atoms with van der Waals surface area (Å²) in [7, 11) is 1.60. The first-order chi connectivity index (χ1) is 14.4. The van der Waals surface area contributed by atoms with Gasteiger partial charge in [0.05, 0.1) is 18.8 Å². The Balaban J connectivity index is 1.76. The number of ether oxygens (including phenoxy) is 1. The zero-order chi connectivity index (χ0) is 21.7. The second-order valence-corrected chi connectivity index (χ2v) is 8.51. The highest BCUT2D eigenvalue weighted by Crippen LogP contribution is 2.32. The molecule has 1 saturated heterocycles. The highest BCUT2D eigenvalue weighted by atomic mass is 32.2. The van der Waals surface area contributed by atoms with Crippen molar-refractivity contribution in [2.75, 3.05) is 25.6 Å². The molecule has 0 unspecified atom stereocenters. The number of nitrogens with zero attached hydrogens (tertiary/aromatic N) is 2. The molecular weight excluding hydrogens is 398 g/mol. The van der Waals surface area contributed by atoms with E-state index < -0.39 is 5.25 Å². The van der Waals surface area contributed by atoms with Gasteiger partial charge in [-0.1, -0.05) is 42.1 Å². The lowest BCUT2D eigenvalue weighted by Crippen LogP contribution is -2.35. The Morgan fingerprint density at radius 2 is 1.87 bits per heavy atom. The van der Waals surface area contributed by atoms with E-state index in [-0.39, 0.29) is 18.2 Å². The average molecular weight is 426 g/mol. The van der Waals surface area contributed by atoms with Gasteiger partial charge in [-0.2, -0.15) is 0 Å². The number of aliphatic imine (C=N–C) groups is 1. The van der Waals surface area contributed by atoms with Crippen LogP contribution in [0.2, 0.25) is 0 Å². The van der Waals surface area contributed by atoms with E-state index in [0.717, 1.165) is 28.1 Å². The van der Waals surface area contributed by atoms with Crippen LogP contribution in [-0.4, -0.2) is 47.4 Å². The molecule has 1 heterocycles. The van der Waals surface area contributed by atoms with Gasteiger partial charge in [-0.15, -0.1) is 0 Å². The Morgan fingerprint density at radius 3 is 2.53 bits per heavy atom. The first-order valence-corrected chi connectivity index (χ1v) is 10.8. The number of carbonyl (C=O) groups excluding carboxylic acids is 2. The van der Waals surface area contributed by atoms with Crippen LogP contribution in [0.1, 0.15) is 23.1 Å². The number of benzene rings is 2. The minimum atomic E-state index is -0.505. The summed E-state index contributed by atoms with van der Waals surface area (Å²) in [6.45, 7) is 6.72. The number of thioether (sulfide) groups is 1. The maximum Gasteiger partial charge on any atom is 0.242 e. The van der Waals surface area contributed by atoms with Crippen molar-refractivity contribution in [2.45, 2.75) is 32.4 Å². The molecule has 0 aromatic heterocycles. The lowest BCUT2D eigenvalue weighted by atomic mass is 10.1. The number of rotatable bonds is 7. The molecule has 2 aromatic rings. The van der Waals surface area contributed by atoms with Crippen LogP contribution in [0.5, 0.6) is 0 Å². The third-order valence-electron chi connectivity index (χ3n) is 4.88. The number of para-hydroxylation sites is 1. The van der Waals surface area contributed by atoms with Gasteiger partial charge in [-0.25, -0.2) is 4.99 Å². The van der Waals surface area contributed by atoms with E-state index in [9.17, 15) is 9.59 Å². The van der Waals surface area contributed by atoms with Crippen molar-refractivity contribution in [3.63, 3.8) is 0 Å². The molecule has 1 aliphatic rings. The molecule has 0 spiro atoms. The number of hydrogen-bond donors (Lipinski definition) is 1. The van der Waals surface area contributed by atoms with Gasteiger partial charge in [-0.3, -0.25) is 14.5 Å². The van der Waals surface area contributed by atoms with Gasteiger partial charge < -0.3 is 10.1 Å². The fourth-order valence-corrected chi connectivity index (χ4v) is 4.48. The van der Waals surface area contributed by atoms with E-state index in [1.807, 2.05) is 63.2 Å². The fourth-order valence-electron chi connectivity index (χ4n) is 3.29. The van der Waals surface area contributed by atoms with Gasteiger partial charge in [0.15, 0.2) is 5.17 Å². The summed E-state index contributed by atoms with van der Waals surface area (Å²) in [6.07, 6.45) is 0.0909. The van der Waals surface area contributed by atoms with E-state index in [1.54, 1.807) is 12.0 Å². The van der Waals surface area contributed by atoms with Crippen molar-refractivity contribution in [3.8, 4) is 0 Å². The normalized spacial score (nSPS) is 17.6. The van der Waals surface area contributed by atoms with Crippen LogP contribution in [-0.2, 0) is 14.3 Å².